The number of carboxylic acids is 1. The summed E-state index contributed by atoms with van der Waals surface area (Å²) in [6, 6.07) is 4.09. The Kier molecular flexibility index (Phi) is 4.76. The second kappa shape index (κ2) is 6.35. The van der Waals surface area contributed by atoms with Gasteiger partial charge in [0, 0.05) is 18.3 Å². The number of aryl methyl sites for hydroxylation is 1. The molecule has 1 aliphatic rings. The van der Waals surface area contributed by atoms with Crippen LogP contribution in [-0.2, 0) is 11.3 Å². The van der Waals surface area contributed by atoms with Crippen molar-refractivity contribution in [1.82, 2.24) is 9.88 Å². The zero-order valence-electron chi connectivity index (χ0n) is 12.4. The highest BCUT2D eigenvalue weighted by molar-refractivity contribution is 5.68. The number of rotatable bonds is 5. The normalized spacial score (nSPS) is 18.1. The Balaban J connectivity index is 2.11. The fourth-order valence-corrected chi connectivity index (χ4v) is 3.19. The van der Waals surface area contributed by atoms with E-state index in [1.807, 2.05) is 26.2 Å². The third kappa shape index (κ3) is 3.57. The lowest BCUT2D eigenvalue weighted by Crippen LogP contribution is -2.49. The molecule has 1 fully saturated rings. The molecule has 0 saturated heterocycles. The van der Waals surface area contributed by atoms with Gasteiger partial charge in [-0.15, -0.1) is 0 Å². The van der Waals surface area contributed by atoms with Crippen LogP contribution < -0.4 is 0 Å². The van der Waals surface area contributed by atoms with Crippen molar-refractivity contribution in [1.29, 1.82) is 0 Å². The number of aliphatic carboxylic acids is 1. The molecule has 0 aromatic carbocycles. The fourth-order valence-electron chi connectivity index (χ4n) is 3.19. The molecular formula is C16H24N2O2. The molecule has 0 amide bonds. The number of nitrogens with zero attached hydrogens (tertiary/aromatic N) is 2. The molecule has 1 aliphatic carbocycles. The van der Waals surface area contributed by atoms with Gasteiger partial charge in [0.1, 0.15) is 0 Å². The maximum atomic E-state index is 11.2. The smallest absolute Gasteiger partial charge is 0.305 e. The standard InChI is InChI=1S/C16H24N2O2/c1-13-6-7-14(17-11-13)12-18(2)16(10-15(19)20)8-4-3-5-9-16/h6-7,11H,3-5,8-10,12H2,1-2H3,(H,19,20). The van der Waals surface area contributed by atoms with Crippen LogP contribution in [0.15, 0.2) is 18.3 Å². The first-order chi connectivity index (χ1) is 9.52. The molecule has 20 heavy (non-hydrogen) atoms. The van der Waals surface area contributed by atoms with Crippen LogP contribution in [0.25, 0.3) is 0 Å². The minimum Gasteiger partial charge on any atom is -0.481 e. The third-order valence-electron chi connectivity index (χ3n) is 4.45. The van der Waals surface area contributed by atoms with E-state index < -0.39 is 5.97 Å². The van der Waals surface area contributed by atoms with Crippen LogP contribution in [0.1, 0.15) is 49.8 Å². The molecular weight excluding hydrogens is 252 g/mol. The summed E-state index contributed by atoms with van der Waals surface area (Å²) in [5.41, 5.74) is 1.96. The summed E-state index contributed by atoms with van der Waals surface area (Å²) >= 11 is 0. The number of carboxylic acid groups (broad SMARTS) is 1. The largest absolute Gasteiger partial charge is 0.481 e. The molecule has 0 radical (unpaired) electrons. The van der Waals surface area contributed by atoms with Crippen molar-refractivity contribution in [3.05, 3.63) is 29.6 Å². The summed E-state index contributed by atoms with van der Waals surface area (Å²) < 4.78 is 0. The van der Waals surface area contributed by atoms with E-state index in [1.54, 1.807) is 0 Å². The summed E-state index contributed by atoms with van der Waals surface area (Å²) in [6.45, 7) is 2.74. The number of hydrogen-bond donors (Lipinski definition) is 1. The van der Waals surface area contributed by atoms with Crippen molar-refractivity contribution < 1.29 is 9.90 Å². The van der Waals surface area contributed by atoms with Crippen LogP contribution in [-0.4, -0.2) is 33.5 Å². The molecule has 1 heterocycles. The van der Waals surface area contributed by atoms with Crippen molar-refractivity contribution in [3.8, 4) is 0 Å². The van der Waals surface area contributed by atoms with E-state index in [4.69, 9.17) is 0 Å². The lowest BCUT2D eigenvalue weighted by molar-refractivity contribution is -0.141. The first-order valence-corrected chi connectivity index (χ1v) is 7.36. The van der Waals surface area contributed by atoms with Gasteiger partial charge in [-0.3, -0.25) is 14.7 Å². The van der Waals surface area contributed by atoms with Gasteiger partial charge in [-0.25, -0.2) is 0 Å². The number of carbonyl (C=O) groups is 1. The predicted octanol–water partition coefficient (Wildman–Crippen LogP) is 3.00. The van der Waals surface area contributed by atoms with Crippen LogP contribution in [0.5, 0.6) is 0 Å². The maximum Gasteiger partial charge on any atom is 0.305 e. The van der Waals surface area contributed by atoms with Gasteiger partial charge in [-0.2, -0.15) is 0 Å². The van der Waals surface area contributed by atoms with Gasteiger partial charge in [0.15, 0.2) is 0 Å². The van der Waals surface area contributed by atoms with Crippen LogP contribution >= 0.6 is 0 Å². The Labute approximate surface area is 120 Å². The highest BCUT2D eigenvalue weighted by Crippen LogP contribution is 2.36. The van der Waals surface area contributed by atoms with Gasteiger partial charge < -0.3 is 5.11 Å². The van der Waals surface area contributed by atoms with Crippen molar-refractivity contribution in [2.24, 2.45) is 0 Å². The van der Waals surface area contributed by atoms with Crippen molar-refractivity contribution in [2.75, 3.05) is 7.05 Å². The maximum absolute atomic E-state index is 11.2. The topological polar surface area (TPSA) is 53.4 Å². The molecule has 0 bridgehead atoms. The summed E-state index contributed by atoms with van der Waals surface area (Å²) in [5, 5.41) is 9.24. The molecule has 0 atom stereocenters. The Morgan fingerprint density at radius 3 is 2.60 bits per heavy atom. The summed E-state index contributed by atoms with van der Waals surface area (Å²) in [6.07, 6.45) is 7.52. The zero-order chi connectivity index (χ0) is 14.6. The molecule has 1 saturated carbocycles. The van der Waals surface area contributed by atoms with Crippen LogP contribution in [0, 0.1) is 6.92 Å². The molecule has 0 spiro atoms. The Bertz CT molecular complexity index is 450. The molecule has 4 heteroatoms. The average Bonchev–Trinajstić information content (AvgIpc) is 2.41. The van der Waals surface area contributed by atoms with Gasteiger partial charge in [0.2, 0.25) is 0 Å². The van der Waals surface area contributed by atoms with E-state index in [0.717, 1.165) is 36.9 Å². The summed E-state index contributed by atoms with van der Waals surface area (Å²) in [5.74, 6) is -0.699. The highest BCUT2D eigenvalue weighted by Gasteiger charge is 2.38. The summed E-state index contributed by atoms with van der Waals surface area (Å²) in [4.78, 5) is 17.9. The second-order valence-electron chi connectivity index (χ2n) is 6.04. The SMILES string of the molecule is Cc1ccc(CN(C)C2(CC(=O)O)CCCCC2)nc1. The van der Waals surface area contributed by atoms with Gasteiger partial charge >= 0.3 is 5.97 Å². The average molecular weight is 276 g/mol. The molecule has 0 aliphatic heterocycles. The molecule has 2 rings (SSSR count). The molecule has 1 N–H and O–H groups in total. The lowest BCUT2D eigenvalue weighted by atomic mass is 9.78. The molecule has 1 aromatic heterocycles. The molecule has 1 aromatic rings. The van der Waals surface area contributed by atoms with Crippen molar-refractivity contribution in [3.63, 3.8) is 0 Å². The minimum absolute atomic E-state index is 0.198. The van der Waals surface area contributed by atoms with Crippen molar-refractivity contribution >= 4 is 5.97 Å². The van der Waals surface area contributed by atoms with Crippen LogP contribution in [0.2, 0.25) is 0 Å². The zero-order valence-corrected chi connectivity index (χ0v) is 12.4. The first kappa shape index (κ1) is 15.0. The quantitative estimate of drug-likeness (QED) is 0.898. The van der Waals surface area contributed by atoms with Crippen LogP contribution in [0.3, 0.4) is 0 Å². The first-order valence-electron chi connectivity index (χ1n) is 7.36. The van der Waals surface area contributed by atoms with E-state index in [9.17, 15) is 9.90 Å². The van der Waals surface area contributed by atoms with Gasteiger partial charge in [-0.1, -0.05) is 25.3 Å². The highest BCUT2D eigenvalue weighted by atomic mass is 16.4. The third-order valence-corrected chi connectivity index (χ3v) is 4.45. The van der Waals surface area contributed by atoms with Crippen LogP contribution in [0.4, 0.5) is 0 Å². The number of pyridine rings is 1. The van der Waals surface area contributed by atoms with Gasteiger partial charge in [0.25, 0.3) is 0 Å². The Morgan fingerprint density at radius 2 is 2.05 bits per heavy atom. The Hall–Kier alpha value is -1.42. The van der Waals surface area contributed by atoms with Gasteiger partial charge in [0.05, 0.1) is 12.1 Å². The molecule has 110 valence electrons. The van der Waals surface area contributed by atoms with E-state index in [-0.39, 0.29) is 12.0 Å². The molecule has 4 nitrogen and oxygen atoms in total. The number of hydrogen-bond acceptors (Lipinski definition) is 3. The van der Waals surface area contributed by atoms with E-state index in [1.165, 1.54) is 6.42 Å². The fraction of sp³-hybridized carbons (Fsp3) is 0.625. The predicted molar refractivity (Wildman–Crippen MR) is 78.5 cm³/mol. The monoisotopic (exact) mass is 276 g/mol. The minimum atomic E-state index is -0.699. The Morgan fingerprint density at radius 1 is 1.35 bits per heavy atom. The van der Waals surface area contributed by atoms with E-state index in [0.29, 0.717) is 6.54 Å². The molecule has 0 unspecified atom stereocenters. The van der Waals surface area contributed by atoms with E-state index in [2.05, 4.69) is 16.0 Å². The lowest BCUT2D eigenvalue weighted by Gasteiger charge is -2.43. The van der Waals surface area contributed by atoms with Crippen molar-refractivity contribution in [2.45, 2.75) is 57.5 Å². The summed E-state index contributed by atoms with van der Waals surface area (Å²) in [7, 11) is 2.04. The van der Waals surface area contributed by atoms with E-state index >= 15 is 0 Å². The number of aromatic nitrogens is 1. The van der Waals surface area contributed by atoms with Gasteiger partial charge in [-0.05, 0) is 38.4 Å². The second-order valence-corrected chi connectivity index (χ2v) is 6.04.